The minimum Gasteiger partial charge on any atom is -0.385 e. The van der Waals surface area contributed by atoms with E-state index in [-0.39, 0.29) is 6.04 Å². The van der Waals surface area contributed by atoms with Crippen LogP contribution in [-0.4, -0.2) is 40.7 Å². The zero-order valence-electron chi connectivity index (χ0n) is 9.81. The number of nitrogens with zero attached hydrogens (tertiary/aromatic N) is 2. The van der Waals surface area contributed by atoms with Gasteiger partial charge in [0.15, 0.2) is 0 Å². The number of aryl methyl sites for hydroxylation is 1. The van der Waals surface area contributed by atoms with E-state index in [1.54, 1.807) is 10.9 Å². The van der Waals surface area contributed by atoms with Crippen LogP contribution in [0.1, 0.15) is 18.9 Å². The number of ether oxygens (including phenoxy) is 1. The van der Waals surface area contributed by atoms with E-state index in [4.69, 9.17) is 4.74 Å². The highest BCUT2D eigenvalue weighted by molar-refractivity contribution is 5.14. The van der Waals surface area contributed by atoms with Gasteiger partial charge in [0, 0.05) is 31.4 Å². The standard InChI is InChI=1S/C11H19N3O2/c1-11(15,9-6-13-14(2)7-9)5-10-8-16-4-3-12-10/h6-7,10,12,15H,3-5,8H2,1-2H3. The van der Waals surface area contributed by atoms with Crippen molar-refractivity contribution in [1.82, 2.24) is 15.1 Å². The smallest absolute Gasteiger partial charge is 0.0914 e. The fourth-order valence-electron chi connectivity index (χ4n) is 2.05. The van der Waals surface area contributed by atoms with E-state index in [1.165, 1.54) is 0 Å². The number of morpholine rings is 1. The van der Waals surface area contributed by atoms with E-state index in [0.717, 1.165) is 18.7 Å². The Kier molecular flexibility index (Phi) is 3.28. The predicted molar refractivity (Wildman–Crippen MR) is 60.0 cm³/mol. The normalized spacial score (nSPS) is 25.3. The Morgan fingerprint density at radius 2 is 2.56 bits per heavy atom. The van der Waals surface area contributed by atoms with Crippen LogP contribution in [0.25, 0.3) is 0 Å². The van der Waals surface area contributed by atoms with E-state index in [2.05, 4.69) is 10.4 Å². The third-order valence-electron chi connectivity index (χ3n) is 2.97. The molecule has 2 N–H and O–H groups in total. The molecule has 2 unspecified atom stereocenters. The van der Waals surface area contributed by atoms with Crippen LogP contribution in [0.15, 0.2) is 12.4 Å². The maximum Gasteiger partial charge on any atom is 0.0914 e. The summed E-state index contributed by atoms with van der Waals surface area (Å²) in [5, 5.41) is 17.8. The Bertz CT molecular complexity index is 343. The third-order valence-corrected chi connectivity index (χ3v) is 2.97. The van der Waals surface area contributed by atoms with Gasteiger partial charge in [-0.25, -0.2) is 0 Å². The molecule has 5 heteroatoms. The highest BCUT2D eigenvalue weighted by atomic mass is 16.5. The topological polar surface area (TPSA) is 59.3 Å². The minimum atomic E-state index is -0.855. The summed E-state index contributed by atoms with van der Waals surface area (Å²) in [6.45, 7) is 4.09. The van der Waals surface area contributed by atoms with Crippen LogP contribution < -0.4 is 5.32 Å². The molecule has 16 heavy (non-hydrogen) atoms. The van der Waals surface area contributed by atoms with Crippen molar-refractivity contribution in [2.45, 2.75) is 25.0 Å². The fraction of sp³-hybridized carbons (Fsp3) is 0.727. The van der Waals surface area contributed by atoms with Gasteiger partial charge in [-0.05, 0) is 13.3 Å². The highest BCUT2D eigenvalue weighted by Crippen LogP contribution is 2.25. The first-order valence-electron chi connectivity index (χ1n) is 5.60. The van der Waals surface area contributed by atoms with Gasteiger partial charge in [-0.1, -0.05) is 0 Å². The van der Waals surface area contributed by atoms with E-state index >= 15 is 0 Å². The van der Waals surface area contributed by atoms with E-state index in [9.17, 15) is 5.11 Å². The maximum absolute atomic E-state index is 10.4. The zero-order chi connectivity index (χ0) is 11.6. The molecule has 5 nitrogen and oxygen atoms in total. The van der Waals surface area contributed by atoms with Crippen molar-refractivity contribution < 1.29 is 9.84 Å². The van der Waals surface area contributed by atoms with Gasteiger partial charge in [-0.15, -0.1) is 0 Å². The first-order chi connectivity index (χ1) is 7.58. The molecule has 1 aromatic rings. The summed E-state index contributed by atoms with van der Waals surface area (Å²) in [5.74, 6) is 0. The van der Waals surface area contributed by atoms with Gasteiger partial charge in [0.05, 0.1) is 25.0 Å². The lowest BCUT2D eigenvalue weighted by Crippen LogP contribution is -2.45. The van der Waals surface area contributed by atoms with Gasteiger partial charge in [0.1, 0.15) is 0 Å². The molecular formula is C11H19N3O2. The van der Waals surface area contributed by atoms with Gasteiger partial charge < -0.3 is 15.2 Å². The lowest BCUT2D eigenvalue weighted by Gasteiger charge is -2.30. The van der Waals surface area contributed by atoms with Crippen molar-refractivity contribution in [1.29, 1.82) is 0 Å². The zero-order valence-corrected chi connectivity index (χ0v) is 9.81. The van der Waals surface area contributed by atoms with Crippen molar-refractivity contribution in [2.24, 2.45) is 7.05 Å². The molecule has 0 bridgehead atoms. The summed E-state index contributed by atoms with van der Waals surface area (Å²) < 4.78 is 7.08. The molecule has 2 rings (SSSR count). The van der Waals surface area contributed by atoms with Crippen LogP contribution in [0, 0.1) is 0 Å². The Hall–Kier alpha value is -0.910. The number of aromatic nitrogens is 2. The summed E-state index contributed by atoms with van der Waals surface area (Å²) in [7, 11) is 1.85. The van der Waals surface area contributed by atoms with Gasteiger partial charge in [-0.2, -0.15) is 5.10 Å². The lowest BCUT2D eigenvalue weighted by molar-refractivity contribution is 0.00318. The monoisotopic (exact) mass is 225 g/mol. The average molecular weight is 225 g/mol. The SMILES string of the molecule is Cn1cc(C(C)(O)CC2COCCN2)cn1. The molecule has 1 aliphatic rings. The van der Waals surface area contributed by atoms with Crippen molar-refractivity contribution >= 4 is 0 Å². The first-order valence-corrected chi connectivity index (χ1v) is 5.60. The molecule has 0 amide bonds. The highest BCUT2D eigenvalue weighted by Gasteiger charge is 2.29. The Labute approximate surface area is 95.4 Å². The lowest BCUT2D eigenvalue weighted by atomic mass is 9.91. The molecule has 2 heterocycles. The predicted octanol–water partition coefficient (Wildman–Crippen LogP) is 0.00610. The van der Waals surface area contributed by atoms with E-state index < -0.39 is 5.60 Å². The summed E-state index contributed by atoms with van der Waals surface area (Å²) in [4.78, 5) is 0. The molecule has 90 valence electrons. The quantitative estimate of drug-likeness (QED) is 0.760. The van der Waals surface area contributed by atoms with Crippen LogP contribution in [0.4, 0.5) is 0 Å². The summed E-state index contributed by atoms with van der Waals surface area (Å²) in [6, 6.07) is 0.212. The average Bonchev–Trinajstić information content (AvgIpc) is 2.66. The van der Waals surface area contributed by atoms with Crippen molar-refractivity contribution in [2.75, 3.05) is 19.8 Å². The largest absolute Gasteiger partial charge is 0.385 e. The number of aliphatic hydroxyl groups is 1. The molecule has 1 aliphatic heterocycles. The molecule has 0 saturated carbocycles. The third kappa shape index (κ3) is 2.61. The summed E-state index contributed by atoms with van der Waals surface area (Å²) in [5.41, 5.74) is -0.00512. The molecular weight excluding hydrogens is 206 g/mol. The molecule has 0 spiro atoms. The molecule has 2 atom stereocenters. The molecule has 0 aliphatic carbocycles. The molecule has 1 aromatic heterocycles. The van der Waals surface area contributed by atoms with Crippen molar-refractivity contribution in [3.05, 3.63) is 18.0 Å². The van der Waals surface area contributed by atoms with Crippen molar-refractivity contribution in [3.63, 3.8) is 0 Å². The maximum atomic E-state index is 10.4. The van der Waals surface area contributed by atoms with Crippen LogP contribution in [-0.2, 0) is 17.4 Å². The van der Waals surface area contributed by atoms with Gasteiger partial charge in [0.2, 0.25) is 0 Å². The summed E-state index contributed by atoms with van der Waals surface area (Å²) in [6.07, 6.45) is 4.20. The Morgan fingerprint density at radius 3 is 3.12 bits per heavy atom. The minimum absolute atomic E-state index is 0.212. The second-order valence-electron chi connectivity index (χ2n) is 4.61. The Balaban J connectivity index is 2.01. The molecule has 0 aromatic carbocycles. The number of hydrogen-bond acceptors (Lipinski definition) is 4. The van der Waals surface area contributed by atoms with Gasteiger partial charge >= 0.3 is 0 Å². The number of hydrogen-bond donors (Lipinski definition) is 2. The first kappa shape index (κ1) is 11.6. The molecule has 1 saturated heterocycles. The second-order valence-corrected chi connectivity index (χ2v) is 4.61. The van der Waals surface area contributed by atoms with Crippen LogP contribution in [0.2, 0.25) is 0 Å². The number of rotatable bonds is 3. The second kappa shape index (κ2) is 4.53. The fourth-order valence-corrected chi connectivity index (χ4v) is 2.05. The van der Waals surface area contributed by atoms with Crippen LogP contribution in [0.5, 0.6) is 0 Å². The van der Waals surface area contributed by atoms with Crippen LogP contribution in [0.3, 0.4) is 0 Å². The van der Waals surface area contributed by atoms with Gasteiger partial charge in [-0.3, -0.25) is 4.68 Å². The summed E-state index contributed by atoms with van der Waals surface area (Å²) >= 11 is 0. The Morgan fingerprint density at radius 1 is 1.75 bits per heavy atom. The van der Waals surface area contributed by atoms with Crippen LogP contribution >= 0.6 is 0 Å². The molecule has 0 radical (unpaired) electrons. The van der Waals surface area contributed by atoms with E-state index in [1.807, 2.05) is 20.2 Å². The van der Waals surface area contributed by atoms with Gasteiger partial charge in [0.25, 0.3) is 0 Å². The van der Waals surface area contributed by atoms with Crippen molar-refractivity contribution in [3.8, 4) is 0 Å². The molecule has 1 fully saturated rings. The van der Waals surface area contributed by atoms with E-state index in [0.29, 0.717) is 13.0 Å². The number of nitrogens with one attached hydrogen (secondary N) is 1.